The molecule has 4 aromatic carbocycles. The Hall–Kier alpha value is -4.88. The number of halogens is 1. The fourth-order valence-electron chi connectivity index (χ4n) is 7.44. The maximum Gasteiger partial charge on any atom is 0.238 e. The van der Waals surface area contributed by atoms with Crippen molar-refractivity contribution in [3.63, 3.8) is 0 Å². The largest absolute Gasteiger partial charge is 0.454 e. The number of ketones is 2. The van der Waals surface area contributed by atoms with E-state index in [-0.39, 0.29) is 29.3 Å². The summed E-state index contributed by atoms with van der Waals surface area (Å²) < 4.78 is 11.1. The van der Waals surface area contributed by atoms with Crippen molar-refractivity contribution < 1.29 is 23.9 Å². The zero-order chi connectivity index (χ0) is 29.5. The SMILES string of the molecule is CC1=C[C@@H]2N(c3ccccc31)[C@H](C(=O)c1ccccc1Cl)[C@@H](C(=O)c1ccc3c(c1)OCO3)[C@]21C(=O)Nc2ccccc21. The van der Waals surface area contributed by atoms with Gasteiger partial charge in [-0.25, -0.2) is 0 Å². The van der Waals surface area contributed by atoms with E-state index in [0.29, 0.717) is 33.9 Å². The second-order valence-corrected chi connectivity index (χ2v) is 11.7. The van der Waals surface area contributed by atoms with Gasteiger partial charge < -0.3 is 19.7 Å². The first-order valence-electron chi connectivity index (χ1n) is 14.1. The molecule has 4 atom stereocenters. The summed E-state index contributed by atoms with van der Waals surface area (Å²) in [6.07, 6.45) is 2.03. The molecule has 0 aliphatic carbocycles. The summed E-state index contributed by atoms with van der Waals surface area (Å²) in [6.45, 7) is 2.06. The van der Waals surface area contributed by atoms with Gasteiger partial charge in [0.1, 0.15) is 11.5 Å². The highest BCUT2D eigenvalue weighted by Gasteiger charge is 2.70. The van der Waals surface area contributed by atoms with Gasteiger partial charge in [0.2, 0.25) is 12.7 Å². The highest BCUT2D eigenvalue weighted by molar-refractivity contribution is 6.34. The molecule has 0 unspecified atom stereocenters. The Bertz CT molecular complexity index is 1920. The number of Topliss-reactive ketones (excluding diaryl/α,β-unsaturated/α-hetero) is 2. The monoisotopic (exact) mass is 588 g/mol. The van der Waals surface area contributed by atoms with Crippen molar-refractivity contribution in [3.05, 3.63) is 124 Å². The van der Waals surface area contributed by atoms with Gasteiger partial charge in [-0.1, -0.05) is 66.2 Å². The molecular weight excluding hydrogens is 564 g/mol. The fourth-order valence-corrected chi connectivity index (χ4v) is 7.67. The summed E-state index contributed by atoms with van der Waals surface area (Å²) in [4.78, 5) is 46.4. The summed E-state index contributed by atoms with van der Waals surface area (Å²) in [5, 5.41) is 3.35. The molecule has 1 N–H and O–H groups in total. The molecule has 0 bridgehead atoms. The smallest absolute Gasteiger partial charge is 0.238 e. The first-order chi connectivity index (χ1) is 20.9. The summed E-state index contributed by atoms with van der Waals surface area (Å²) in [6, 6.07) is 25.4. The summed E-state index contributed by atoms with van der Waals surface area (Å²) >= 11 is 6.62. The number of allylic oxidation sites excluding steroid dienone is 1. The van der Waals surface area contributed by atoms with E-state index < -0.39 is 23.4 Å². The molecule has 43 heavy (non-hydrogen) atoms. The van der Waals surface area contributed by atoms with E-state index >= 15 is 4.79 Å². The Morgan fingerprint density at radius 1 is 0.907 bits per heavy atom. The molecule has 1 fully saturated rings. The Labute approximate surface area is 252 Å². The Kier molecular flexibility index (Phi) is 5.59. The van der Waals surface area contributed by atoms with Gasteiger partial charge in [0.15, 0.2) is 23.1 Å². The molecule has 8 rings (SSSR count). The summed E-state index contributed by atoms with van der Waals surface area (Å²) in [7, 11) is 0. The molecule has 1 saturated heterocycles. The van der Waals surface area contributed by atoms with Crippen molar-refractivity contribution in [2.75, 3.05) is 17.0 Å². The number of benzene rings is 4. The number of hydrogen-bond acceptors (Lipinski definition) is 6. The molecule has 212 valence electrons. The zero-order valence-electron chi connectivity index (χ0n) is 23.0. The maximum atomic E-state index is 15.0. The van der Waals surface area contributed by atoms with Gasteiger partial charge in [0, 0.05) is 28.1 Å². The second kappa shape index (κ2) is 9.31. The third-order valence-corrected chi connectivity index (χ3v) is 9.56. The molecule has 8 heteroatoms. The van der Waals surface area contributed by atoms with Gasteiger partial charge in [0.25, 0.3) is 0 Å². The van der Waals surface area contributed by atoms with Crippen molar-refractivity contribution in [2.24, 2.45) is 5.92 Å². The number of nitrogens with zero attached hydrogens (tertiary/aromatic N) is 1. The predicted molar refractivity (Wildman–Crippen MR) is 163 cm³/mol. The minimum Gasteiger partial charge on any atom is -0.454 e. The summed E-state index contributed by atoms with van der Waals surface area (Å²) in [5.74, 6) is -1.11. The minimum absolute atomic E-state index is 0.0560. The molecule has 0 radical (unpaired) electrons. The van der Waals surface area contributed by atoms with Gasteiger partial charge in [-0.15, -0.1) is 0 Å². The van der Waals surface area contributed by atoms with Crippen LogP contribution in [0.2, 0.25) is 5.02 Å². The lowest BCUT2D eigenvalue weighted by Gasteiger charge is -2.39. The van der Waals surface area contributed by atoms with Crippen molar-refractivity contribution >= 4 is 46.0 Å². The Balaban J connectivity index is 1.44. The minimum atomic E-state index is -1.42. The molecule has 7 nitrogen and oxygen atoms in total. The topological polar surface area (TPSA) is 84.9 Å². The van der Waals surface area contributed by atoms with Crippen LogP contribution in [0, 0.1) is 5.92 Å². The number of rotatable bonds is 4. The molecular formula is C35H25ClN2O5. The van der Waals surface area contributed by atoms with Crippen molar-refractivity contribution in [2.45, 2.75) is 24.4 Å². The van der Waals surface area contributed by atoms with Crippen LogP contribution in [0.4, 0.5) is 11.4 Å². The molecule has 1 amide bonds. The van der Waals surface area contributed by atoms with E-state index in [1.807, 2.05) is 66.4 Å². The second-order valence-electron chi connectivity index (χ2n) is 11.3. The molecule has 0 aromatic heterocycles. The first kappa shape index (κ1) is 25.8. The third-order valence-electron chi connectivity index (χ3n) is 9.23. The highest BCUT2D eigenvalue weighted by Crippen LogP contribution is 2.59. The number of anilines is 2. The van der Waals surface area contributed by atoms with Gasteiger partial charge in [0.05, 0.1) is 17.0 Å². The van der Waals surface area contributed by atoms with Crippen LogP contribution in [-0.4, -0.2) is 36.4 Å². The van der Waals surface area contributed by atoms with E-state index in [2.05, 4.69) is 5.32 Å². The lowest BCUT2D eigenvalue weighted by molar-refractivity contribution is -0.121. The normalized spacial score (nSPS) is 24.2. The van der Waals surface area contributed by atoms with E-state index in [4.69, 9.17) is 21.1 Å². The number of amides is 1. The quantitative estimate of drug-likeness (QED) is 0.281. The molecule has 4 aromatic rings. The van der Waals surface area contributed by atoms with Crippen molar-refractivity contribution in [1.29, 1.82) is 0 Å². The number of ether oxygens (including phenoxy) is 2. The van der Waals surface area contributed by atoms with Crippen LogP contribution in [-0.2, 0) is 10.2 Å². The van der Waals surface area contributed by atoms with Gasteiger partial charge >= 0.3 is 0 Å². The van der Waals surface area contributed by atoms with Crippen LogP contribution >= 0.6 is 11.6 Å². The van der Waals surface area contributed by atoms with E-state index in [1.54, 1.807) is 42.5 Å². The van der Waals surface area contributed by atoms with E-state index in [1.165, 1.54) is 0 Å². The van der Waals surface area contributed by atoms with Crippen molar-refractivity contribution in [1.82, 2.24) is 0 Å². The number of nitrogens with one attached hydrogen (secondary N) is 1. The predicted octanol–water partition coefficient (Wildman–Crippen LogP) is 6.31. The third kappa shape index (κ3) is 3.45. The van der Waals surface area contributed by atoms with Gasteiger partial charge in [-0.2, -0.15) is 0 Å². The van der Waals surface area contributed by atoms with Gasteiger partial charge in [-0.3, -0.25) is 14.4 Å². The summed E-state index contributed by atoms with van der Waals surface area (Å²) in [5.41, 5.74) is 3.22. The molecule has 4 aliphatic rings. The molecule has 4 aliphatic heterocycles. The maximum absolute atomic E-state index is 15.0. The van der Waals surface area contributed by atoms with E-state index in [0.717, 1.165) is 16.8 Å². The first-order valence-corrected chi connectivity index (χ1v) is 14.5. The zero-order valence-corrected chi connectivity index (χ0v) is 23.8. The average molecular weight is 589 g/mol. The van der Waals surface area contributed by atoms with Crippen LogP contribution in [0.3, 0.4) is 0 Å². The van der Waals surface area contributed by atoms with Crippen LogP contribution < -0.4 is 19.7 Å². The van der Waals surface area contributed by atoms with Gasteiger partial charge in [-0.05, 0) is 60.5 Å². The van der Waals surface area contributed by atoms with Crippen LogP contribution in [0.5, 0.6) is 11.5 Å². The number of carbonyl (C=O) groups excluding carboxylic acids is 3. The fraction of sp³-hybridized carbons (Fsp3) is 0.171. The standard InChI is InChI=1S/C35H25ClN2O5/c1-19-16-29-35(23-10-4-6-12-25(23)37-34(35)41)30(32(39)20-14-15-27-28(17-20)43-18-42-27)31(33(40)22-9-2-5-11-24(22)36)38(29)26-13-7-3-8-21(19)26/h2-17,29-31H,18H2,1H3,(H,37,41)/t29-,30-,31-,35+/m0/s1. The lowest BCUT2D eigenvalue weighted by atomic mass is 9.64. The molecule has 1 spiro atoms. The Morgan fingerprint density at radius 2 is 1.65 bits per heavy atom. The van der Waals surface area contributed by atoms with Crippen molar-refractivity contribution in [3.8, 4) is 11.5 Å². The number of carbonyl (C=O) groups is 3. The van der Waals surface area contributed by atoms with Crippen LogP contribution in [0.25, 0.3) is 5.57 Å². The van der Waals surface area contributed by atoms with Crippen LogP contribution in [0.1, 0.15) is 38.8 Å². The average Bonchev–Trinajstić information content (AvgIpc) is 3.70. The highest BCUT2D eigenvalue weighted by atomic mass is 35.5. The van der Waals surface area contributed by atoms with E-state index in [9.17, 15) is 9.59 Å². The number of para-hydroxylation sites is 2. The Morgan fingerprint density at radius 3 is 2.51 bits per heavy atom. The number of fused-ring (bicyclic) bond motifs is 7. The molecule has 4 heterocycles. The lowest BCUT2D eigenvalue weighted by Crippen LogP contribution is -2.51. The van der Waals surface area contributed by atoms with Crippen LogP contribution in [0.15, 0.2) is 97.1 Å². The molecule has 0 saturated carbocycles. The number of hydrogen-bond donors (Lipinski definition) is 1.